The first-order valence-electron chi connectivity index (χ1n) is 6.50. The normalized spacial score (nSPS) is 12.4. The van der Waals surface area contributed by atoms with Crippen molar-refractivity contribution < 1.29 is 21.6 Å². The van der Waals surface area contributed by atoms with E-state index in [1.54, 1.807) is 11.6 Å². The van der Waals surface area contributed by atoms with Crippen molar-refractivity contribution in [2.75, 3.05) is 5.32 Å². The van der Waals surface area contributed by atoms with Crippen molar-refractivity contribution in [1.82, 2.24) is 4.57 Å². The van der Waals surface area contributed by atoms with Crippen LogP contribution in [0.2, 0.25) is 0 Å². The minimum absolute atomic E-state index is 0.0571. The minimum atomic E-state index is -3.84. The van der Waals surface area contributed by atoms with Crippen molar-refractivity contribution in [3.05, 3.63) is 47.5 Å². The Morgan fingerprint density at radius 2 is 1.96 bits per heavy atom. The summed E-state index contributed by atoms with van der Waals surface area (Å²) in [7, 11) is 3.04. The molecule has 0 bridgehead atoms. The van der Waals surface area contributed by atoms with Crippen LogP contribution in [0, 0.1) is 5.82 Å². The molecule has 1 aromatic carbocycles. The summed E-state index contributed by atoms with van der Waals surface area (Å²) in [6, 6.07) is 4.67. The standard InChI is InChI=1S/C14H14ClF3N2O2S/c1-14(17,18)12-5-9(3-4-13(12)16)19-7-10-6-11(8-20(10)2)23(15,21)22/h3-6,8,19H,7H2,1-2H3. The van der Waals surface area contributed by atoms with Gasteiger partial charge >= 0.3 is 0 Å². The van der Waals surface area contributed by atoms with Crippen LogP contribution >= 0.6 is 10.7 Å². The largest absolute Gasteiger partial charge is 0.379 e. The maximum absolute atomic E-state index is 13.4. The maximum atomic E-state index is 13.4. The highest BCUT2D eigenvalue weighted by Crippen LogP contribution is 2.31. The molecule has 4 nitrogen and oxygen atoms in total. The minimum Gasteiger partial charge on any atom is -0.379 e. The molecule has 0 aliphatic heterocycles. The second-order valence-electron chi connectivity index (χ2n) is 5.15. The summed E-state index contributed by atoms with van der Waals surface area (Å²) < 4.78 is 64.1. The van der Waals surface area contributed by atoms with E-state index in [2.05, 4.69) is 5.32 Å². The molecule has 0 aliphatic rings. The lowest BCUT2D eigenvalue weighted by Gasteiger charge is -2.14. The van der Waals surface area contributed by atoms with Gasteiger partial charge in [0.15, 0.2) is 0 Å². The third-order valence-electron chi connectivity index (χ3n) is 3.28. The fourth-order valence-corrected chi connectivity index (χ4v) is 2.86. The Kier molecular flexibility index (Phi) is 4.68. The first kappa shape index (κ1) is 17.7. The van der Waals surface area contributed by atoms with E-state index in [0.29, 0.717) is 18.3 Å². The summed E-state index contributed by atoms with van der Waals surface area (Å²) in [6.07, 6.45) is 1.34. The summed E-state index contributed by atoms with van der Waals surface area (Å²) in [5.41, 5.74) is 0.149. The number of hydrogen-bond acceptors (Lipinski definition) is 3. The zero-order chi connectivity index (χ0) is 17.4. The van der Waals surface area contributed by atoms with Crippen molar-refractivity contribution in [3.8, 4) is 0 Å². The second kappa shape index (κ2) is 6.09. The van der Waals surface area contributed by atoms with Gasteiger partial charge in [-0.1, -0.05) is 0 Å². The molecular formula is C14H14ClF3N2O2S. The number of nitrogens with zero attached hydrogens (tertiary/aromatic N) is 1. The number of hydrogen-bond donors (Lipinski definition) is 1. The van der Waals surface area contributed by atoms with Crippen LogP contribution in [0.5, 0.6) is 0 Å². The van der Waals surface area contributed by atoms with Gasteiger partial charge in [-0.2, -0.15) is 0 Å². The van der Waals surface area contributed by atoms with Gasteiger partial charge < -0.3 is 9.88 Å². The summed E-state index contributed by atoms with van der Waals surface area (Å²) in [5, 5.41) is 2.85. The van der Waals surface area contributed by atoms with Crippen LogP contribution < -0.4 is 5.32 Å². The third kappa shape index (κ3) is 4.20. The Balaban J connectivity index is 2.21. The lowest BCUT2D eigenvalue weighted by atomic mass is 10.1. The second-order valence-corrected chi connectivity index (χ2v) is 7.72. The van der Waals surface area contributed by atoms with Gasteiger partial charge in [0.25, 0.3) is 15.0 Å². The fourth-order valence-electron chi connectivity index (χ4n) is 2.05. The summed E-state index contributed by atoms with van der Waals surface area (Å²) in [5.74, 6) is -4.29. The molecule has 9 heteroatoms. The molecule has 0 fully saturated rings. The Morgan fingerprint density at radius 1 is 1.30 bits per heavy atom. The van der Waals surface area contributed by atoms with Gasteiger partial charge in [-0.15, -0.1) is 0 Å². The van der Waals surface area contributed by atoms with Crippen molar-refractivity contribution in [2.45, 2.75) is 24.3 Å². The molecule has 0 aliphatic carbocycles. The Hall–Kier alpha value is -1.67. The topological polar surface area (TPSA) is 51.1 Å². The smallest absolute Gasteiger partial charge is 0.273 e. The van der Waals surface area contributed by atoms with E-state index < -0.39 is 26.4 Å². The Bertz CT molecular complexity index is 829. The highest BCUT2D eigenvalue weighted by Gasteiger charge is 2.28. The molecular weight excluding hydrogens is 353 g/mol. The average Bonchev–Trinajstić information content (AvgIpc) is 2.78. The molecule has 1 N–H and O–H groups in total. The molecule has 0 atom stereocenters. The number of nitrogens with one attached hydrogen (secondary N) is 1. The van der Waals surface area contributed by atoms with Gasteiger partial charge in [-0.3, -0.25) is 0 Å². The van der Waals surface area contributed by atoms with E-state index in [1.165, 1.54) is 18.3 Å². The first-order chi connectivity index (χ1) is 10.5. The summed E-state index contributed by atoms with van der Waals surface area (Å²) in [4.78, 5) is -0.0571. The van der Waals surface area contributed by atoms with Crippen molar-refractivity contribution in [1.29, 1.82) is 0 Å². The third-order valence-corrected chi connectivity index (χ3v) is 4.60. The number of rotatable bonds is 5. The van der Waals surface area contributed by atoms with Gasteiger partial charge in [0.1, 0.15) is 10.7 Å². The molecule has 1 heterocycles. The van der Waals surface area contributed by atoms with Crippen molar-refractivity contribution in [2.24, 2.45) is 7.05 Å². The van der Waals surface area contributed by atoms with E-state index in [-0.39, 0.29) is 11.4 Å². The van der Waals surface area contributed by atoms with Crippen LogP contribution in [0.4, 0.5) is 18.9 Å². The molecule has 0 unspecified atom stereocenters. The summed E-state index contributed by atoms with van der Waals surface area (Å²) in [6.45, 7) is 0.771. The maximum Gasteiger partial charge on any atom is 0.273 e. The molecule has 0 saturated carbocycles. The number of benzene rings is 1. The first-order valence-corrected chi connectivity index (χ1v) is 8.81. The Labute approximate surface area is 136 Å². The SMILES string of the molecule is Cn1cc(S(=O)(=O)Cl)cc1CNc1ccc(F)c(C(C)(F)F)c1. The lowest BCUT2D eigenvalue weighted by molar-refractivity contribution is 0.0138. The van der Waals surface area contributed by atoms with E-state index >= 15 is 0 Å². The molecule has 0 radical (unpaired) electrons. The Morgan fingerprint density at radius 3 is 2.48 bits per heavy atom. The number of aryl methyl sites for hydroxylation is 1. The van der Waals surface area contributed by atoms with Crippen LogP contribution in [0.25, 0.3) is 0 Å². The number of aromatic nitrogens is 1. The fraction of sp³-hybridized carbons (Fsp3) is 0.286. The number of halogens is 4. The van der Waals surface area contributed by atoms with Gasteiger partial charge in [0.05, 0.1) is 12.1 Å². The molecule has 0 saturated heterocycles. The van der Waals surface area contributed by atoms with Gasteiger partial charge in [-0.25, -0.2) is 21.6 Å². The van der Waals surface area contributed by atoms with E-state index in [0.717, 1.165) is 12.1 Å². The summed E-state index contributed by atoms with van der Waals surface area (Å²) >= 11 is 0. The van der Waals surface area contributed by atoms with Crippen LogP contribution in [-0.4, -0.2) is 13.0 Å². The number of anilines is 1. The van der Waals surface area contributed by atoms with Gasteiger partial charge in [-0.05, 0) is 24.3 Å². The van der Waals surface area contributed by atoms with E-state index in [4.69, 9.17) is 10.7 Å². The molecule has 126 valence electrons. The average molecular weight is 367 g/mol. The predicted octanol–water partition coefficient (Wildman–Crippen LogP) is 3.82. The van der Waals surface area contributed by atoms with Crippen LogP contribution in [-0.2, 0) is 28.6 Å². The van der Waals surface area contributed by atoms with Crippen LogP contribution in [0.3, 0.4) is 0 Å². The van der Waals surface area contributed by atoms with Crippen LogP contribution in [0.1, 0.15) is 18.2 Å². The molecule has 1 aromatic heterocycles. The molecule has 2 rings (SSSR count). The highest BCUT2D eigenvalue weighted by atomic mass is 35.7. The molecule has 23 heavy (non-hydrogen) atoms. The van der Waals surface area contributed by atoms with Crippen LogP contribution in [0.15, 0.2) is 35.4 Å². The quantitative estimate of drug-likeness (QED) is 0.818. The predicted molar refractivity (Wildman–Crippen MR) is 81.7 cm³/mol. The van der Waals surface area contributed by atoms with Gasteiger partial charge in [0, 0.05) is 42.2 Å². The monoisotopic (exact) mass is 366 g/mol. The zero-order valence-corrected chi connectivity index (χ0v) is 13.9. The molecule has 0 spiro atoms. The lowest BCUT2D eigenvalue weighted by Crippen LogP contribution is -2.11. The van der Waals surface area contributed by atoms with Crippen molar-refractivity contribution >= 4 is 25.4 Å². The van der Waals surface area contributed by atoms with E-state index in [1.807, 2.05) is 0 Å². The van der Waals surface area contributed by atoms with E-state index in [9.17, 15) is 21.6 Å². The molecule has 2 aromatic rings. The number of alkyl halides is 2. The molecule has 0 amide bonds. The van der Waals surface area contributed by atoms with Gasteiger partial charge in [0.2, 0.25) is 0 Å². The van der Waals surface area contributed by atoms with Crippen molar-refractivity contribution in [3.63, 3.8) is 0 Å². The highest BCUT2D eigenvalue weighted by molar-refractivity contribution is 8.13. The zero-order valence-electron chi connectivity index (χ0n) is 12.3.